The summed E-state index contributed by atoms with van der Waals surface area (Å²) >= 11 is 13.2. The van der Waals surface area contributed by atoms with E-state index in [4.69, 9.17) is 28.3 Å². The van der Waals surface area contributed by atoms with Gasteiger partial charge in [0.1, 0.15) is 0 Å². The fraction of sp³-hybridized carbons (Fsp3) is 0.0769. The van der Waals surface area contributed by atoms with Crippen molar-refractivity contribution in [3.05, 3.63) is 105 Å². The molecular formula is C26H20Cl2N2O2. The Morgan fingerprint density at radius 2 is 1.72 bits per heavy atom. The van der Waals surface area contributed by atoms with Crippen LogP contribution in [-0.4, -0.2) is 21.3 Å². The zero-order valence-corrected chi connectivity index (χ0v) is 18.8. The highest BCUT2D eigenvalue weighted by molar-refractivity contribution is 6.38. The predicted octanol–water partition coefficient (Wildman–Crippen LogP) is 7.34. The van der Waals surface area contributed by atoms with Gasteiger partial charge >= 0.3 is 5.97 Å². The van der Waals surface area contributed by atoms with Gasteiger partial charge in [-0.05, 0) is 64.6 Å². The number of hydrogen-bond donors (Lipinski definition) is 2. The number of rotatable bonds is 6. The molecule has 0 aliphatic rings. The second-order valence-electron chi connectivity index (χ2n) is 7.27. The lowest BCUT2D eigenvalue weighted by Crippen LogP contribution is -1.97. The summed E-state index contributed by atoms with van der Waals surface area (Å²) in [6.45, 7) is 2.08. The lowest BCUT2D eigenvalue weighted by Gasteiger charge is -2.18. The van der Waals surface area contributed by atoms with E-state index in [2.05, 4.69) is 29.3 Å². The van der Waals surface area contributed by atoms with E-state index in [0.717, 1.165) is 50.4 Å². The minimum absolute atomic E-state index is 0.595. The van der Waals surface area contributed by atoms with Crippen molar-refractivity contribution in [1.29, 1.82) is 0 Å². The molecule has 160 valence electrons. The van der Waals surface area contributed by atoms with Crippen LogP contribution < -0.4 is 0 Å². The van der Waals surface area contributed by atoms with Crippen LogP contribution in [0.25, 0.3) is 28.1 Å². The van der Waals surface area contributed by atoms with Crippen LogP contribution in [-0.2, 0) is 4.79 Å². The van der Waals surface area contributed by atoms with Crippen molar-refractivity contribution in [2.45, 2.75) is 13.3 Å². The maximum absolute atomic E-state index is 10.8. The highest BCUT2D eigenvalue weighted by Crippen LogP contribution is 2.40. The molecule has 32 heavy (non-hydrogen) atoms. The molecular weight excluding hydrogens is 443 g/mol. The number of carboxylic acid groups (broad SMARTS) is 1. The molecule has 4 nitrogen and oxygen atoms in total. The van der Waals surface area contributed by atoms with Crippen molar-refractivity contribution in [3.8, 4) is 0 Å². The van der Waals surface area contributed by atoms with Crippen LogP contribution in [0.4, 0.5) is 0 Å². The summed E-state index contributed by atoms with van der Waals surface area (Å²) in [5.74, 6) is -0.982. The van der Waals surface area contributed by atoms with Crippen LogP contribution >= 0.6 is 23.2 Å². The van der Waals surface area contributed by atoms with Gasteiger partial charge in [0.15, 0.2) is 0 Å². The van der Waals surface area contributed by atoms with Crippen molar-refractivity contribution >= 4 is 57.3 Å². The van der Waals surface area contributed by atoms with Gasteiger partial charge in [-0.2, -0.15) is 5.10 Å². The normalized spacial score (nSPS) is 12.3. The van der Waals surface area contributed by atoms with Crippen LogP contribution in [0.2, 0.25) is 10.0 Å². The Bertz CT molecular complexity index is 1330. The number of nitrogens with one attached hydrogen (secondary N) is 1. The molecule has 4 rings (SSSR count). The quantitative estimate of drug-likeness (QED) is 0.232. The van der Waals surface area contributed by atoms with Crippen molar-refractivity contribution in [1.82, 2.24) is 10.2 Å². The lowest BCUT2D eigenvalue weighted by molar-refractivity contribution is -0.131. The summed E-state index contributed by atoms with van der Waals surface area (Å²) in [6, 6.07) is 19.4. The standard InChI is InChI=1S/C26H20Cl2N2O2/c1-2-20(26-21(27)4-3-5-22(26)28)25(18-11-12-23-19(14-18)15-29-30-23)17-9-6-16(7-10-17)8-13-24(31)32/h3-15H,2H2,1H3,(H,29,30)(H,31,32). The second kappa shape index (κ2) is 9.43. The van der Waals surface area contributed by atoms with E-state index in [1.54, 1.807) is 12.3 Å². The minimum atomic E-state index is -0.982. The SMILES string of the molecule is CCC(=C(c1ccc(C=CC(=O)O)cc1)c1ccc2[nH]ncc2c1)c1c(Cl)cccc1Cl. The molecule has 3 aromatic carbocycles. The highest BCUT2D eigenvalue weighted by Gasteiger charge is 2.18. The number of carboxylic acids is 1. The van der Waals surface area contributed by atoms with E-state index in [1.165, 1.54) is 0 Å². The first kappa shape index (κ1) is 21.9. The monoisotopic (exact) mass is 462 g/mol. The van der Waals surface area contributed by atoms with Gasteiger partial charge in [-0.3, -0.25) is 5.10 Å². The zero-order valence-electron chi connectivity index (χ0n) is 17.3. The Morgan fingerprint density at radius 3 is 2.38 bits per heavy atom. The molecule has 0 spiro atoms. The largest absolute Gasteiger partial charge is 0.478 e. The molecule has 0 bridgehead atoms. The van der Waals surface area contributed by atoms with E-state index in [1.807, 2.05) is 48.5 Å². The maximum Gasteiger partial charge on any atom is 0.328 e. The number of aromatic amines is 1. The molecule has 4 aromatic rings. The summed E-state index contributed by atoms with van der Waals surface area (Å²) in [5.41, 5.74) is 6.60. The van der Waals surface area contributed by atoms with E-state index in [-0.39, 0.29) is 0 Å². The van der Waals surface area contributed by atoms with Crippen LogP contribution in [0.3, 0.4) is 0 Å². The number of hydrogen-bond acceptors (Lipinski definition) is 2. The van der Waals surface area contributed by atoms with Crippen LogP contribution in [0, 0.1) is 0 Å². The molecule has 0 saturated heterocycles. The zero-order chi connectivity index (χ0) is 22.7. The van der Waals surface area contributed by atoms with Gasteiger partial charge < -0.3 is 5.11 Å². The third-order valence-corrected chi connectivity index (χ3v) is 5.90. The smallest absolute Gasteiger partial charge is 0.328 e. The van der Waals surface area contributed by atoms with Gasteiger partial charge in [0.05, 0.1) is 11.7 Å². The highest BCUT2D eigenvalue weighted by atomic mass is 35.5. The third-order valence-electron chi connectivity index (χ3n) is 5.27. The predicted molar refractivity (Wildman–Crippen MR) is 132 cm³/mol. The molecule has 0 aliphatic carbocycles. The van der Waals surface area contributed by atoms with Gasteiger partial charge in [-0.25, -0.2) is 4.79 Å². The number of carbonyl (C=O) groups is 1. The third kappa shape index (κ3) is 4.47. The Balaban J connectivity index is 1.96. The molecule has 1 aromatic heterocycles. The number of halogens is 2. The first-order valence-electron chi connectivity index (χ1n) is 10.1. The molecule has 0 unspecified atom stereocenters. The molecule has 6 heteroatoms. The Kier molecular flexibility index (Phi) is 6.45. The van der Waals surface area contributed by atoms with Gasteiger partial charge in [-0.15, -0.1) is 0 Å². The van der Waals surface area contributed by atoms with E-state index < -0.39 is 5.97 Å². The lowest BCUT2D eigenvalue weighted by atomic mass is 9.87. The molecule has 2 N–H and O–H groups in total. The second-order valence-corrected chi connectivity index (χ2v) is 8.08. The first-order valence-corrected chi connectivity index (χ1v) is 10.9. The number of aliphatic carboxylic acids is 1. The van der Waals surface area contributed by atoms with Gasteiger partial charge in [-0.1, -0.05) is 66.5 Å². The van der Waals surface area contributed by atoms with E-state index in [0.29, 0.717) is 16.5 Å². The van der Waals surface area contributed by atoms with Gasteiger partial charge in [0, 0.05) is 27.1 Å². The van der Waals surface area contributed by atoms with Gasteiger partial charge in [0.25, 0.3) is 0 Å². The van der Waals surface area contributed by atoms with Crippen molar-refractivity contribution in [2.24, 2.45) is 0 Å². The average Bonchev–Trinajstić information content (AvgIpc) is 3.25. The summed E-state index contributed by atoms with van der Waals surface area (Å²) < 4.78 is 0. The number of benzene rings is 3. The van der Waals surface area contributed by atoms with E-state index in [9.17, 15) is 4.79 Å². The molecule has 0 aliphatic heterocycles. The fourth-order valence-corrected chi connectivity index (χ4v) is 4.43. The van der Waals surface area contributed by atoms with Crippen LogP contribution in [0.15, 0.2) is 72.9 Å². The minimum Gasteiger partial charge on any atom is -0.478 e. The van der Waals surface area contributed by atoms with Crippen LogP contribution in [0.1, 0.15) is 35.6 Å². The average molecular weight is 463 g/mol. The molecule has 0 radical (unpaired) electrons. The molecule has 1 heterocycles. The molecule has 0 atom stereocenters. The fourth-order valence-electron chi connectivity index (χ4n) is 3.81. The summed E-state index contributed by atoms with van der Waals surface area (Å²) in [5, 5.41) is 18.2. The van der Waals surface area contributed by atoms with Gasteiger partial charge in [0.2, 0.25) is 0 Å². The van der Waals surface area contributed by atoms with Crippen LogP contribution in [0.5, 0.6) is 0 Å². The first-order chi connectivity index (χ1) is 15.5. The summed E-state index contributed by atoms with van der Waals surface area (Å²) in [6.07, 6.45) is 5.20. The number of nitrogens with zero attached hydrogens (tertiary/aromatic N) is 1. The number of fused-ring (bicyclic) bond motifs is 1. The summed E-state index contributed by atoms with van der Waals surface area (Å²) in [7, 11) is 0. The number of aromatic nitrogens is 2. The molecule has 0 saturated carbocycles. The Hall–Kier alpha value is -3.34. The molecule has 0 fully saturated rings. The topological polar surface area (TPSA) is 66.0 Å². The van der Waals surface area contributed by atoms with Crippen molar-refractivity contribution < 1.29 is 9.90 Å². The maximum atomic E-state index is 10.8. The Labute approximate surface area is 195 Å². The number of allylic oxidation sites excluding steroid dienone is 1. The Morgan fingerprint density at radius 1 is 1.03 bits per heavy atom. The summed E-state index contributed by atoms with van der Waals surface area (Å²) in [4.78, 5) is 10.8. The van der Waals surface area contributed by atoms with Crippen molar-refractivity contribution in [3.63, 3.8) is 0 Å². The van der Waals surface area contributed by atoms with Crippen molar-refractivity contribution in [2.75, 3.05) is 0 Å². The molecule has 0 amide bonds. The number of H-pyrrole nitrogens is 1. The van der Waals surface area contributed by atoms with E-state index >= 15 is 0 Å².